The molecule has 1 amide bonds. The van der Waals surface area contributed by atoms with Crippen LogP contribution in [0.2, 0.25) is 0 Å². The third-order valence-electron chi connectivity index (χ3n) is 7.64. The maximum Gasteiger partial charge on any atom is 0.407 e. The van der Waals surface area contributed by atoms with Crippen LogP contribution in [0.1, 0.15) is 49.1 Å². The van der Waals surface area contributed by atoms with Crippen LogP contribution in [0.15, 0.2) is 54.6 Å². The van der Waals surface area contributed by atoms with E-state index < -0.39 is 6.09 Å². The number of hydrogen-bond acceptors (Lipinski definition) is 3. The summed E-state index contributed by atoms with van der Waals surface area (Å²) in [4.78, 5) is 15.4. The molecule has 1 atom stereocenters. The first-order valence-electron chi connectivity index (χ1n) is 11.6. The maximum atomic E-state index is 11.1. The number of likely N-dealkylation sites (tertiary alicyclic amines) is 2. The first-order valence-corrected chi connectivity index (χ1v) is 11.6. The van der Waals surface area contributed by atoms with E-state index in [2.05, 4.69) is 53.4 Å². The number of carboxylic acid groups (broad SMARTS) is 1. The van der Waals surface area contributed by atoms with Gasteiger partial charge in [-0.15, -0.1) is 0 Å². The Kier molecular flexibility index (Phi) is 5.61. The summed E-state index contributed by atoms with van der Waals surface area (Å²) in [6, 6.07) is 19.5. The molecule has 0 bridgehead atoms. The van der Waals surface area contributed by atoms with Crippen LogP contribution in [0.3, 0.4) is 0 Å². The van der Waals surface area contributed by atoms with Gasteiger partial charge in [-0.05, 0) is 68.3 Å². The van der Waals surface area contributed by atoms with Crippen molar-refractivity contribution >= 4 is 6.09 Å². The zero-order chi connectivity index (χ0) is 21.3. The molecule has 2 heterocycles. The molecule has 2 aromatic carbocycles. The summed E-state index contributed by atoms with van der Waals surface area (Å²) in [7, 11) is 0. The lowest BCUT2D eigenvalue weighted by molar-refractivity contribution is 0.00813. The van der Waals surface area contributed by atoms with Crippen LogP contribution >= 0.6 is 0 Å². The summed E-state index contributed by atoms with van der Waals surface area (Å²) >= 11 is 0. The van der Waals surface area contributed by atoms with Gasteiger partial charge in [0.15, 0.2) is 0 Å². The van der Waals surface area contributed by atoms with Gasteiger partial charge in [0.25, 0.3) is 0 Å². The van der Waals surface area contributed by atoms with Crippen molar-refractivity contribution in [3.8, 4) is 5.75 Å². The van der Waals surface area contributed by atoms with Gasteiger partial charge in [-0.2, -0.15) is 0 Å². The lowest BCUT2D eigenvalue weighted by Gasteiger charge is -2.47. The predicted octanol–water partition coefficient (Wildman–Crippen LogP) is 4.98. The van der Waals surface area contributed by atoms with E-state index in [1.165, 1.54) is 24.0 Å². The van der Waals surface area contributed by atoms with Gasteiger partial charge in [-0.1, -0.05) is 48.5 Å². The molecule has 3 aliphatic rings. The van der Waals surface area contributed by atoms with Crippen LogP contribution in [-0.2, 0) is 6.61 Å². The Hall–Kier alpha value is -2.53. The number of hydrogen-bond donors (Lipinski definition) is 1. The average molecular weight is 421 g/mol. The van der Waals surface area contributed by atoms with Gasteiger partial charge in [-0.25, -0.2) is 4.79 Å². The van der Waals surface area contributed by atoms with Crippen molar-refractivity contribution in [3.63, 3.8) is 0 Å². The Morgan fingerprint density at radius 2 is 1.71 bits per heavy atom. The second-order valence-corrected chi connectivity index (χ2v) is 9.66. The highest BCUT2D eigenvalue weighted by Crippen LogP contribution is 2.48. The molecule has 2 aromatic rings. The third-order valence-corrected chi connectivity index (χ3v) is 7.64. The van der Waals surface area contributed by atoms with Crippen molar-refractivity contribution in [1.82, 2.24) is 9.80 Å². The standard InChI is InChI=1S/C26H32N2O3/c29-25(30)28-18-26(19-28)13-10-22(16-26)27-14-11-21(12-15-27)23-8-4-5-9-24(23)31-17-20-6-2-1-3-7-20/h1-9,21-22H,10-19H2,(H,29,30). The number of para-hydroxylation sites is 1. The normalized spacial score (nSPS) is 23.6. The topological polar surface area (TPSA) is 53.0 Å². The highest BCUT2D eigenvalue weighted by Gasteiger charge is 2.50. The van der Waals surface area contributed by atoms with E-state index in [0.717, 1.165) is 51.2 Å². The Balaban J connectivity index is 1.16. The zero-order valence-corrected chi connectivity index (χ0v) is 18.1. The first-order chi connectivity index (χ1) is 15.1. The molecule has 5 heteroatoms. The van der Waals surface area contributed by atoms with Crippen molar-refractivity contribution in [1.29, 1.82) is 0 Å². The van der Waals surface area contributed by atoms with Crippen LogP contribution in [0.4, 0.5) is 4.79 Å². The average Bonchev–Trinajstić information content (AvgIpc) is 3.24. The van der Waals surface area contributed by atoms with E-state index in [1.54, 1.807) is 4.90 Å². The number of carbonyl (C=O) groups is 1. The minimum atomic E-state index is -0.761. The number of benzene rings is 2. The summed E-state index contributed by atoms with van der Waals surface area (Å²) in [5.74, 6) is 1.57. The second kappa shape index (κ2) is 8.54. The molecular formula is C26H32N2O3. The summed E-state index contributed by atoms with van der Waals surface area (Å²) in [6.07, 6.45) is 5.13. The lowest BCUT2D eigenvalue weighted by atomic mass is 9.78. The molecule has 1 saturated carbocycles. The Labute approximate surface area is 184 Å². The van der Waals surface area contributed by atoms with Gasteiger partial charge in [0.1, 0.15) is 12.4 Å². The largest absolute Gasteiger partial charge is 0.489 e. The second-order valence-electron chi connectivity index (χ2n) is 9.66. The van der Waals surface area contributed by atoms with E-state index in [0.29, 0.717) is 18.6 Å². The number of nitrogens with zero attached hydrogens (tertiary/aromatic N) is 2. The van der Waals surface area contributed by atoms with Crippen molar-refractivity contribution in [3.05, 3.63) is 65.7 Å². The van der Waals surface area contributed by atoms with E-state index in [9.17, 15) is 4.79 Å². The maximum absolute atomic E-state index is 11.1. The predicted molar refractivity (Wildman–Crippen MR) is 120 cm³/mol. The van der Waals surface area contributed by atoms with Gasteiger partial charge >= 0.3 is 6.09 Å². The van der Waals surface area contributed by atoms with Crippen molar-refractivity contribution in [2.75, 3.05) is 26.2 Å². The van der Waals surface area contributed by atoms with E-state index in [4.69, 9.17) is 9.84 Å². The molecular weight excluding hydrogens is 388 g/mol. The molecule has 1 aliphatic carbocycles. The van der Waals surface area contributed by atoms with E-state index in [1.807, 2.05) is 6.07 Å². The molecule has 31 heavy (non-hydrogen) atoms. The highest BCUT2D eigenvalue weighted by molar-refractivity contribution is 5.66. The smallest absolute Gasteiger partial charge is 0.407 e. The Morgan fingerprint density at radius 1 is 1.00 bits per heavy atom. The Bertz CT molecular complexity index is 902. The van der Waals surface area contributed by atoms with Crippen molar-refractivity contribution in [2.45, 2.75) is 50.7 Å². The number of rotatable bonds is 5. The minimum Gasteiger partial charge on any atom is -0.489 e. The quantitative estimate of drug-likeness (QED) is 0.741. The van der Waals surface area contributed by atoms with Crippen LogP contribution in [0.5, 0.6) is 5.75 Å². The minimum absolute atomic E-state index is 0.262. The molecule has 2 saturated heterocycles. The number of amides is 1. The molecule has 2 aliphatic heterocycles. The van der Waals surface area contributed by atoms with Gasteiger partial charge < -0.3 is 19.6 Å². The molecule has 3 fully saturated rings. The van der Waals surface area contributed by atoms with Crippen molar-refractivity contribution in [2.24, 2.45) is 5.41 Å². The monoisotopic (exact) mass is 420 g/mol. The first kappa shape index (κ1) is 20.4. The van der Waals surface area contributed by atoms with Crippen LogP contribution < -0.4 is 4.74 Å². The van der Waals surface area contributed by atoms with Crippen LogP contribution in [-0.4, -0.2) is 53.2 Å². The van der Waals surface area contributed by atoms with E-state index in [-0.39, 0.29) is 5.41 Å². The molecule has 0 aromatic heterocycles. The summed E-state index contributed by atoms with van der Waals surface area (Å²) in [5, 5.41) is 9.16. The molecule has 164 valence electrons. The molecule has 1 unspecified atom stereocenters. The van der Waals surface area contributed by atoms with Gasteiger partial charge in [0.2, 0.25) is 0 Å². The molecule has 1 spiro atoms. The van der Waals surface area contributed by atoms with Gasteiger partial charge in [0.05, 0.1) is 0 Å². The Morgan fingerprint density at radius 3 is 2.45 bits per heavy atom. The fourth-order valence-corrected chi connectivity index (χ4v) is 5.93. The van der Waals surface area contributed by atoms with Crippen LogP contribution in [0.25, 0.3) is 0 Å². The van der Waals surface area contributed by atoms with E-state index >= 15 is 0 Å². The van der Waals surface area contributed by atoms with Crippen LogP contribution in [0, 0.1) is 5.41 Å². The van der Waals surface area contributed by atoms with Gasteiger partial charge in [0, 0.05) is 24.5 Å². The number of ether oxygens (including phenoxy) is 1. The van der Waals surface area contributed by atoms with Crippen molar-refractivity contribution < 1.29 is 14.6 Å². The third kappa shape index (κ3) is 4.29. The lowest BCUT2D eigenvalue weighted by Crippen LogP contribution is -2.57. The van der Waals surface area contributed by atoms with Gasteiger partial charge in [-0.3, -0.25) is 0 Å². The highest BCUT2D eigenvalue weighted by atomic mass is 16.5. The molecule has 1 N–H and O–H groups in total. The number of piperidine rings is 1. The molecule has 0 radical (unpaired) electrons. The fraction of sp³-hybridized carbons (Fsp3) is 0.500. The summed E-state index contributed by atoms with van der Waals surface area (Å²) < 4.78 is 6.22. The summed E-state index contributed by atoms with van der Waals surface area (Å²) in [5.41, 5.74) is 2.80. The summed E-state index contributed by atoms with van der Waals surface area (Å²) in [6.45, 7) is 4.33. The molecule has 5 rings (SSSR count). The zero-order valence-electron chi connectivity index (χ0n) is 18.1. The SMILES string of the molecule is O=C(O)N1CC2(CCC(N3CCC(c4ccccc4OCc4ccccc4)CC3)C2)C1. The molecule has 5 nitrogen and oxygen atoms in total. The fourth-order valence-electron chi connectivity index (χ4n) is 5.93.